The molecule has 0 radical (unpaired) electrons. The van der Waals surface area contributed by atoms with Gasteiger partial charge in [0.2, 0.25) is 0 Å². The third-order valence-corrected chi connectivity index (χ3v) is 5.84. The summed E-state index contributed by atoms with van der Waals surface area (Å²) in [6, 6.07) is 16.8. The van der Waals surface area contributed by atoms with E-state index in [1.165, 1.54) is 18.9 Å². The van der Waals surface area contributed by atoms with Crippen LogP contribution in [0.4, 0.5) is 0 Å². The first-order valence-corrected chi connectivity index (χ1v) is 9.49. The lowest BCUT2D eigenvalue weighted by Gasteiger charge is -2.35. The number of esters is 1. The minimum Gasteiger partial charge on any atom is -0.467 e. The predicted octanol–water partition coefficient (Wildman–Crippen LogP) is 2.62. The van der Waals surface area contributed by atoms with Gasteiger partial charge >= 0.3 is 13.0 Å². The molecule has 8 heteroatoms. The predicted molar refractivity (Wildman–Crippen MR) is 105 cm³/mol. The molecule has 0 amide bonds. The monoisotopic (exact) mass is 387 g/mol. The number of hydrogen-bond acceptors (Lipinski definition) is 7. The highest BCUT2D eigenvalue weighted by Crippen LogP contribution is 2.45. The molecule has 2 aromatic rings. The van der Waals surface area contributed by atoms with Crippen molar-refractivity contribution in [3.05, 3.63) is 54.6 Å². The molecular formula is C19H22BNO5S. The van der Waals surface area contributed by atoms with Crippen LogP contribution in [0, 0.1) is 0 Å². The van der Waals surface area contributed by atoms with Gasteiger partial charge in [-0.25, -0.2) is 4.79 Å². The highest BCUT2D eigenvalue weighted by atomic mass is 32.2. The largest absolute Gasteiger partial charge is 0.467 e. The average molecular weight is 387 g/mol. The number of thioether (sulfide) groups is 1. The summed E-state index contributed by atoms with van der Waals surface area (Å²) in [5.74, 6) is 0.925. The number of aliphatic hydroxyl groups is 1. The molecule has 1 aliphatic heterocycles. The van der Waals surface area contributed by atoms with Gasteiger partial charge in [-0.1, -0.05) is 30.0 Å². The Hall–Kier alpha value is -2.00. The summed E-state index contributed by atoms with van der Waals surface area (Å²) in [6.07, 6.45) is -0.538. The zero-order chi connectivity index (χ0) is 19.4. The Labute approximate surface area is 163 Å². The number of ether oxygens (including phenoxy) is 2. The number of rotatable bonds is 6. The molecule has 2 aromatic carbocycles. The van der Waals surface area contributed by atoms with Crippen molar-refractivity contribution in [3.8, 4) is 11.5 Å². The summed E-state index contributed by atoms with van der Waals surface area (Å²) in [6.45, 7) is 1.78. The van der Waals surface area contributed by atoms with E-state index < -0.39 is 24.0 Å². The zero-order valence-electron chi connectivity index (χ0n) is 15.2. The van der Waals surface area contributed by atoms with Gasteiger partial charge in [0.1, 0.15) is 11.5 Å². The molecule has 1 heterocycles. The Kier molecular flexibility index (Phi) is 6.11. The lowest BCUT2D eigenvalue weighted by molar-refractivity contribution is -0.146. The van der Waals surface area contributed by atoms with Crippen LogP contribution in [0.25, 0.3) is 0 Å². The Morgan fingerprint density at radius 2 is 1.81 bits per heavy atom. The third kappa shape index (κ3) is 4.30. The third-order valence-electron chi connectivity index (χ3n) is 4.43. The second-order valence-electron chi connectivity index (χ2n) is 6.41. The van der Waals surface area contributed by atoms with Crippen LogP contribution in [-0.2, 0) is 9.53 Å². The number of para-hydroxylation sites is 1. The number of methoxy groups -OCH3 is 1. The molecule has 2 atom stereocenters. The minimum absolute atomic E-state index is 0.178. The SMILES string of the molecule is COC(=O)C1(Sc2ccc(Oc3ccccc3)cc2)C[C@@H](O)CN1B(C)O. The second kappa shape index (κ2) is 8.35. The molecule has 0 aliphatic carbocycles. The zero-order valence-corrected chi connectivity index (χ0v) is 16.1. The first-order chi connectivity index (χ1) is 12.9. The normalized spacial score (nSPS) is 22.4. The molecule has 0 bridgehead atoms. The summed E-state index contributed by atoms with van der Waals surface area (Å²) in [5.41, 5.74) is 0. The van der Waals surface area contributed by atoms with E-state index in [1.807, 2.05) is 54.6 Å². The number of carbonyl (C=O) groups excluding carboxylic acids is 1. The molecule has 1 unspecified atom stereocenters. The van der Waals surface area contributed by atoms with Crippen molar-refractivity contribution in [2.75, 3.05) is 13.7 Å². The van der Waals surface area contributed by atoms with Gasteiger partial charge in [0.25, 0.3) is 0 Å². The van der Waals surface area contributed by atoms with Crippen LogP contribution in [0.2, 0.25) is 6.82 Å². The number of nitrogens with zero attached hydrogens (tertiary/aromatic N) is 1. The van der Waals surface area contributed by atoms with Gasteiger partial charge in [0, 0.05) is 17.9 Å². The first-order valence-electron chi connectivity index (χ1n) is 8.68. The molecule has 0 saturated carbocycles. The molecule has 142 valence electrons. The molecule has 1 aliphatic rings. The Morgan fingerprint density at radius 1 is 1.19 bits per heavy atom. The van der Waals surface area contributed by atoms with Crippen LogP contribution < -0.4 is 4.74 Å². The van der Waals surface area contributed by atoms with E-state index in [1.54, 1.807) is 11.6 Å². The van der Waals surface area contributed by atoms with Crippen molar-refractivity contribution >= 4 is 24.8 Å². The summed E-state index contributed by atoms with van der Waals surface area (Å²) in [5, 5.41) is 20.2. The molecule has 1 saturated heterocycles. The number of carbonyl (C=O) groups is 1. The van der Waals surface area contributed by atoms with Crippen LogP contribution in [0.5, 0.6) is 11.5 Å². The van der Waals surface area contributed by atoms with Crippen molar-refractivity contribution in [2.24, 2.45) is 0 Å². The van der Waals surface area contributed by atoms with E-state index in [0.29, 0.717) is 5.75 Å². The number of benzene rings is 2. The Morgan fingerprint density at radius 3 is 2.41 bits per heavy atom. The van der Waals surface area contributed by atoms with Crippen molar-refractivity contribution in [3.63, 3.8) is 0 Å². The molecule has 27 heavy (non-hydrogen) atoms. The maximum Gasteiger partial charge on any atom is 0.378 e. The Balaban J connectivity index is 1.81. The number of aliphatic hydroxyl groups excluding tert-OH is 1. The topological polar surface area (TPSA) is 79.2 Å². The summed E-state index contributed by atoms with van der Waals surface area (Å²) < 4.78 is 10.8. The summed E-state index contributed by atoms with van der Waals surface area (Å²) in [7, 11) is 0.418. The van der Waals surface area contributed by atoms with Crippen LogP contribution in [0.1, 0.15) is 6.42 Å². The quantitative estimate of drug-likeness (QED) is 0.583. The highest BCUT2D eigenvalue weighted by Gasteiger charge is 2.55. The van der Waals surface area contributed by atoms with Gasteiger partial charge in [-0.2, -0.15) is 0 Å². The van der Waals surface area contributed by atoms with Crippen molar-refractivity contribution in [2.45, 2.75) is 29.1 Å². The maximum absolute atomic E-state index is 12.6. The molecule has 0 aromatic heterocycles. The smallest absolute Gasteiger partial charge is 0.378 e. The van der Waals surface area contributed by atoms with Crippen molar-refractivity contribution in [1.29, 1.82) is 0 Å². The molecule has 1 fully saturated rings. The van der Waals surface area contributed by atoms with E-state index in [4.69, 9.17) is 9.47 Å². The highest BCUT2D eigenvalue weighted by molar-refractivity contribution is 8.01. The summed E-state index contributed by atoms with van der Waals surface area (Å²) >= 11 is 1.26. The molecule has 0 spiro atoms. The Bertz CT molecular complexity index is 773. The van der Waals surface area contributed by atoms with E-state index in [0.717, 1.165) is 10.6 Å². The van der Waals surface area contributed by atoms with E-state index in [9.17, 15) is 14.9 Å². The van der Waals surface area contributed by atoms with Crippen LogP contribution >= 0.6 is 11.8 Å². The second-order valence-corrected chi connectivity index (χ2v) is 7.76. The maximum atomic E-state index is 12.6. The fourth-order valence-corrected chi connectivity index (χ4v) is 4.68. The van der Waals surface area contributed by atoms with Gasteiger partial charge in [-0.3, -0.25) is 4.81 Å². The van der Waals surface area contributed by atoms with E-state index >= 15 is 0 Å². The molecule has 6 nitrogen and oxygen atoms in total. The fourth-order valence-electron chi connectivity index (χ4n) is 3.23. The van der Waals surface area contributed by atoms with Gasteiger partial charge in [-0.15, -0.1) is 0 Å². The van der Waals surface area contributed by atoms with Crippen LogP contribution in [-0.4, -0.2) is 52.6 Å². The van der Waals surface area contributed by atoms with Gasteiger partial charge in [-0.05, 0) is 43.2 Å². The number of hydrogen-bond donors (Lipinski definition) is 2. The van der Waals surface area contributed by atoms with Crippen molar-refractivity contribution < 1.29 is 24.4 Å². The molecule has 3 rings (SSSR count). The average Bonchev–Trinajstić information content (AvgIpc) is 3.01. The van der Waals surface area contributed by atoms with E-state index in [2.05, 4.69) is 0 Å². The van der Waals surface area contributed by atoms with E-state index in [-0.39, 0.29) is 13.0 Å². The number of β-amino-alcohol motifs (C(OH)–C–C–N with tert-alkyl or cyclic N) is 1. The fraction of sp³-hybridized carbons (Fsp3) is 0.316. The van der Waals surface area contributed by atoms with Gasteiger partial charge in [0.05, 0.1) is 13.2 Å². The van der Waals surface area contributed by atoms with Gasteiger partial charge in [0.15, 0.2) is 4.87 Å². The van der Waals surface area contributed by atoms with Crippen LogP contribution in [0.15, 0.2) is 59.5 Å². The summed E-state index contributed by atoms with van der Waals surface area (Å²) in [4.78, 5) is 13.8. The minimum atomic E-state index is -1.18. The molecule has 2 N–H and O–H groups in total. The first kappa shape index (κ1) is 19.8. The lowest BCUT2D eigenvalue weighted by atomic mass is 9.84. The van der Waals surface area contributed by atoms with Crippen molar-refractivity contribution in [1.82, 2.24) is 4.81 Å². The standard InChI is InChI=1S/C19H22BNO5S/c1-20(24)21-13-14(22)12-19(21,18(23)25-2)27-17-10-8-16(9-11-17)26-15-6-4-3-5-7-15/h3-11,14,22,24H,12-13H2,1-2H3/t14-,19?/m1/s1. The lowest BCUT2D eigenvalue weighted by Crippen LogP contribution is -2.54. The van der Waals surface area contributed by atoms with Gasteiger partial charge < -0.3 is 19.6 Å². The molecular weight excluding hydrogens is 365 g/mol. The van der Waals surface area contributed by atoms with Crippen LogP contribution in [0.3, 0.4) is 0 Å².